The average Bonchev–Trinajstić information content (AvgIpc) is 2.59. The molecule has 0 spiro atoms. The highest BCUT2D eigenvalue weighted by Gasteiger charge is 2.28. The first kappa shape index (κ1) is 14.9. The third kappa shape index (κ3) is 3.12. The van der Waals surface area contributed by atoms with Crippen molar-refractivity contribution in [3.05, 3.63) is 29.3 Å². The number of phenols is 1. The van der Waals surface area contributed by atoms with E-state index in [1.165, 1.54) is 0 Å². The molecule has 0 saturated carbocycles. The number of hydrogen-bond acceptors (Lipinski definition) is 3. The number of rotatable bonds is 2. The molecular formula is C16H24N2O2. The van der Waals surface area contributed by atoms with Crippen LogP contribution in [0.3, 0.4) is 0 Å². The van der Waals surface area contributed by atoms with Crippen LogP contribution in [0.15, 0.2) is 18.2 Å². The third-order valence-corrected chi connectivity index (χ3v) is 4.02. The van der Waals surface area contributed by atoms with Crippen LogP contribution in [0.4, 0.5) is 0 Å². The van der Waals surface area contributed by atoms with E-state index in [0.29, 0.717) is 5.56 Å². The highest BCUT2D eigenvalue weighted by Crippen LogP contribution is 2.23. The fraction of sp³-hybridized carbons (Fsp3) is 0.562. The first-order valence-electron chi connectivity index (χ1n) is 7.32. The molecule has 110 valence electrons. The molecule has 1 N–H and O–H groups in total. The van der Waals surface area contributed by atoms with E-state index in [-0.39, 0.29) is 17.7 Å². The highest BCUT2D eigenvalue weighted by atomic mass is 16.3. The minimum atomic E-state index is -0.0512. The van der Waals surface area contributed by atoms with Crippen molar-refractivity contribution < 1.29 is 9.90 Å². The summed E-state index contributed by atoms with van der Waals surface area (Å²) in [7, 11) is 2.10. The number of nitrogens with zero attached hydrogens (tertiary/aromatic N) is 2. The van der Waals surface area contributed by atoms with Crippen LogP contribution >= 0.6 is 0 Å². The Morgan fingerprint density at radius 1 is 1.40 bits per heavy atom. The van der Waals surface area contributed by atoms with Crippen molar-refractivity contribution in [2.45, 2.75) is 32.7 Å². The summed E-state index contributed by atoms with van der Waals surface area (Å²) in [6.07, 6.45) is 1.91. The summed E-state index contributed by atoms with van der Waals surface area (Å²) in [6, 6.07) is 5.47. The van der Waals surface area contributed by atoms with E-state index in [0.717, 1.165) is 38.0 Å². The number of likely N-dealkylation sites (N-methyl/N-ethyl adjacent to an activating group) is 1. The molecule has 20 heavy (non-hydrogen) atoms. The molecule has 1 aliphatic heterocycles. The monoisotopic (exact) mass is 276 g/mol. The maximum atomic E-state index is 12.7. The first-order chi connectivity index (χ1) is 9.52. The molecule has 1 amide bonds. The summed E-state index contributed by atoms with van der Waals surface area (Å²) < 4.78 is 0. The fourth-order valence-electron chi connectivity index (χ4n) is 2.84. The van der Waals surface area contributed by atoms with Gasteiger partial charge in [0.2, 0.25) is 0 Å². The van der Waals surface area contributed by atoms with Crippen molar-refractivity contribution in [2.75, 3.05) is 26.7 Å². The molecule has 1 aromatic carbocycles. The lowest BCUT2D eigenvalue weighted by Gasteiger charge is -2.30. The first-order valence-corrected chi connectivity index (χ1v) is 7.32. The van der Waals surface area contributed by atoms with Gasteiger partial charge in [-0.05, 0) is 51.1 Å². The van der Waals surface area contributed by atoms with Gasteiger partial charge in [0, 0.05) is 19.1 Å². The second-order valence-corrected chi connectivity index (χ2v) is 5.70. The number of amides is 1. The maximum absolute atomic E-state index is 12.7. The van der Waals surface area contributed by atoms with Crippen molar-refractivity contribution in [1.29, 1.82) is 0 Å². The molecule has 4 heteroatoms. The van der Waals surface area contributed by atoms with Crippen molar-refractivity contribution in [3.63, 3.8) is 0 Å². The Bertz CT molecular complexity index is 487. The second kappa shape index (κ2) is 6.27. The van der Waals surface area contributed by atoms with Crippen molar-refractivity contribution in [1.82, 2.24) is 9.80 Å². The van der Waals surface area contributed by atoms with Crippen LogP contribution in [-0.2, 0) is 0 Å². The smallest absolute Gasteiger partial charge is 0.257 e. The quantitative estimate of drug-likeness (QED) is 0.901. The molecule has 4 nitrogen and oxygen atoms in total. The Kier molecular flexibility index (Phi) is 4.65. The van der Waals surface area contributed by atoms with Crippen LogP contribution in [0.25, 0.3) is 0 Å². The van der Waals surface area contributed by atoms with E-state index >= 15 is 0 Å². The van der Waals surface area contributed by atoms with E-state index < -0.39 is 0 Å². The minimum Gasteiger partial charge on any atom is -0.507 e. The van der Waals surface area contributed by atoms with E-state index in [1.54, 1.807) is 12.1 Å². The van der Waals surface area contributed by atoms with E-state index in [1.807, 2.05) is 17.9 Å². The Hall–Kier alpha value is -1.55. The van der Waals surface area contributed by atoms with Gasteiger partial charge in [0.15, 0.2) is 0 Å². The number of phenolic OH excluding ortho intramolecular Hbond substituents is 1. The topological polar surface area (TPSA) is 43.8 Å². The SMILES string of the molecule is CCC1CN(C)CCCN1C(=O)c1ccc(C)cc1O. The Morgan fingerprint density at radius 2 is 2.15 bits per heavy atom. The summed E-state index contributed by atoms with van der Waals surface area (Å²) in [5, 5.41) is 10.0. The van der Waals surface area contributed by atoms with Gasteiger partial charge in [-0.1, -0.05) is 13.0 Å². The number of carbonyl (C=O) groups is 1. The molecule has 0 aliphatic carbocycles. The highest BCUT2D eigenvalue weighted by molar-refractivity contribution is 5.97. The van der Waals surface area contributed by atoms with Crippen LogP contribution in [0, 0.1) is 6.92 Å². The number of benzene rings is 1. The summed E-state index contributed by atoms with van der Waals surface area (Å²) in [4.78, 5) is 16.9. The number of aromatic hydroxyl groups is 1. The molecule has 1 fully saturated rings. The van der Waals surface area contributed by atoms with E-state index in [4.69, 9.17) is 0 Å². The number of hydrogen-bond donors (Lipinski definition) is 1. The lowest BCUT2D eigenvalue weighted by molar-refractivity contribution is 0.0672. The summed E-state index contributed by atoms with van der Waals surface area (Å²) in [5.41, 5.74) is 1.38. The Labute approximate surface area is 121 Å². The zero-order valence-corrected chi connectivity index (χ0v) is 12.6. The van der Waals surface area contributed by atoms with Gasteiger partial charge in [0.25, 0.3) is 5.91 Å². The van der Waals surface area contributed by atoms with Crippen LogP contribution in [0.5, 0.6) is 5.75 Å². The van der Waals surface area contributed by atoms with Crippen LogP contribution in [0.1, 0.15) is 35.7 Å². The normalized spacial score (nSPS) is 20.8. The summed E-state index contributed by atoms with van der Waals surface area (Å²) >= 11 is 0. The standard InChI is InChI=1S/C16H24N2O2/c1-4-13-11-17(3)8-5-9-18(13)16(20)14-7-6-12(2)10-15(14)19/h6-7,10,13,19H,4-5,8-9,11H2,1-3H3. The largest absolute Gasteiger partial charge is 0.507 e. The van der Waals surface area contributed by atoms with Gasteiger partial charge >= 0.3 is 0 Å². The molecule has 1 heterocycles. The van der Waals surface area contributed by atoms with Gasteiger partial charge in [0.1, 0.15) is 5.75 Å². The zero-order valence-electron chi connectivity index (χ0n) is 12.6. The van der Waals surface area contributed by atoms with Gasteiger partial charge in [-0.25, -0.2) is 0 Å². The lowest BCUT2D eigenvalue weighted by Crippen LogP contribution is -2.43. The number of aryl methyl sites for hydroxylation is 1. The van der Waals surface area contributed by atoms with E-state index in [9.17, 15) is 9.90 Å². The van der Waals surface area contributed by atoms with Crippen LogP contribution in [-0.4, -0.2) is 53.5 Å². The van der Waals surface area contributed by atoms with Crippen LogP contribution in [0.2, 0.25) is 0 Å². The molecule has 1 unspecified atom stereocenters. The van der Waals surface area contributed by atoms with Gasteiger partial charge in [-0.15, -0.1) is 0 Å². The predicted molar refractivity (Wildman–Crippen MR) is 80.1 cm³/mol. The maximum Gasteiger partial charge on any atom is 0.257 e. The van der Waals surface area contributed by atoms with Gasteiger partial charge < -0.3 is 14.9 Å². The van der Waals surface area contributed by atoms with Crippen LogP contribution < -0.4 is 0 Å². The molecule has 1 atom stereocenters. The minimum absolute atomic E-state index is 0.0512. The molecule has 1 aromatic rings. The summed E-state index contributed by atoms with van der Waals surface area (Å²) in [5.74, 6) is 0.0344. The number of carbonyl (C=O) groups excluding carboxylic acids is 1. The molecular weight excluding hydrogens is 252 g/mol. The lowest BCUT2D eigenvalue weighted by atomic mass is 10.1. The fourth-order valence-corrected chi connectivity index (χ4v) is 2.84. The molecule has 0 aromatic heterocycles. The molecule has 2 rings (SSSR count). The van der Waals surface area contributed by atoms with Crippen molar-refractivity contribution in [3.8, 4) is 5.75 Å². The zero-order chi connectivity index (χ0) is 14.7. The van der Waals surface area contributed by atoms with Gasteiger partial charge in [0.05, 0.1) is 5.56 Å². The van der Waals surface area contributed by atoms with Crippen molar-refractivity contribution >= 4 is 5.91 Å². The van der Waals surface area contributed by atoms with Gasteiger partial charge in [-0.3, -0.25) is 4.79 Å². The molecule has 0 bridgehead atoms. The third-order valence-electron chi connectivity index (χ3n) is 4.02. The molecule has 0 radical (unpaired) electrons. The van der Waals surface area contributed by atoms with Gasteiger partial charge in [-0.2, -0.15) is 0 Å². The second-order valence-electron chi connectivity index (χ2n) is 5.70. The predicted octanol–water partition coefficient (Wildman–Crippen LogP) is 2.26. The Balaban J connectivity index is 2.25. The molecule has 1 saturated heterocycles. The molecule has 1 aliphatic rings. The Morgan fingerprint density at radius 3 is 2.80 bits per heavy atom. The average molecular weight is 276 g/mol. The van der Waals surface area contributed by atoms with E-state index in [2.05, 4.69) is 18.9 Å². The summed E-state index contributed by atoms with van der Waals surface area (Å²) in [6.45, 7) is 6.69. The van der Waals surface area contributed by atoms with Crippen molar-refractivity contribution in [2.24, 2.45) is 0 Å².